The quantitative estimate of drug-likeness (QED) is 0.144. The Morgan fingerprint density at radius 3 is 2.28 bits per heavy atom. The van der Waals surface area contributed by atoms with E-state index in [-0.39, 0.29) is 11.7 Å². The SMILES string of the molecule is Cc1ccc(C(=O)c2c(/N=C(\[O-])c3ccccc3)sc3c4ccccc4c(Br)c[n+]23)cc1. The summed E-state index contributed by atoms with van der Waals surface area (Å²) in [6, 6.07) is 24.3. The molecule has 0 bridgehead atoms. The van der Waals surface area contributed by atoms with Gasteiger partial charge in [-0.1, -0.05) is 78.4 Å². The van der Waals surface area contributed by atoms with Gasteiger partial charge in [-0.25, -0.2) is 4.99 Å². The van der Waals surface area contributed by atoms with Crippen LogP contribution < -0.4 is 9.51 Å². The molecule has 0 unspecified atom stereocenters. The van der Waals surface area contributed by atoms with Gasteiger partial charge in [0, 0.05) is 10.9 Å². The lowest BCUT2D eigenvalue weighted by Crippen LogP contribution is -2.28. The highest BCUT2D eigenvalue weighted by molar-refractivity contribution is 9.10. The minimum absolute atomic E-state index is 0.178. The van der Waals surface area contributed by atoms with Gasteiger partial charge in [-0.05, 0) is 51.7 Å². The third kappa shape index (κ3) is 3.61. The zero-order chi connectivity index (χ0) is 22.2. The van der Waals surface area contributed by atoms with Crippen LogP contribution in [0.25, 0.3) is 15.6 Å². The van der Waals surface area contributed by atoms with E-state index in [1.54, 1.807) is 36.4 Å². The van der Waals surface area contributed by atoms with Gasteiger partial charge in [0.1, 0.15) is 0 Å². The van der Waals surface area contributed by atoms with Crippen molar-refractivity contribution in [3.63, 3.8) is 0 Å². The van der Waals surface area contributed by atoms with Crippen molar-refractivity contribution in [1.82, 2.24) is 0 Å². The Hall–Kier alpha value is -3.35. The summed E-state index contributed by atoms with van der Waals surface area (Å²) < 4.78 is 2.71. The van der Waals surface area contributed by atoms with E-state index in [1.165, 1.54) is 11.3 Å². The first-order chi connectivity index (χ1) is 15.5. The lowest BCUT2D eigenvalue weighted by atomic mass is 10.1. The molecule has 0 aliphatic rings. The highest BCUT2D eigenvalue weighted by Gasteiger charge is 2.30. The van der Waals surface area contributed by atoms with Crippen LogP contribution >= 0.6 is 27.3 Å². The number of aromatic nitrogens is 1. The summed E-state index contributed by atoms with van der Waals surface area (Å²) in [5.41, 5.74) is 2.48. The van der Waals surface area contributed by atoms with Crippen LogP contribution in [-0.2, 0) is 0 Å². The van der Waals surface area contributed by atoms with Crippen LogP contribution in [0.2, 0.25) is 0 Å². The molecule has 0 saturated heterocycles. The Bertz CT molecular complexity index is 1510. The zero-order valence-corrected chi connectivity index (χ0v) is 19.5. The average molecular weight is 501 g/mol. The lowest BCUT2D eigenvalue weighted by Gasteiger charge is -2.09. The molecule has 0 aliphatic carbocycles. The second-order valence-electron chi connectivity index (χ2n) is 7.43. The van der Waals surface area contributed by atoms with Crippen molar-refractivity contribution in [2.24, 2.45) is 4.99 Å². The second-order valence-corrected chi connectivity index (χ2v) is 9.26. The molecule has 0 fully saturated rings. The number of hydrogen-bond donors (Lipinski definition) is 0. The van der Waals surface area contributed by atoms with Crippen molar-refractivity contribution >= 4 is 59.6 Å². The summed E-state index contributed by atoms with van der Waals surface area (Å²) in [5, 5.41) is 15.3. The van der Waals surface area contributed by atoms with Gasteiger partial charge in [0.05, 0.1) is 9.86 Å². The average Bonchev–Trinajstić information content (AvgIpc) is 3.17. The molecule has 5 rings (SSSR count). The number of benzene rings is 3. The van der Waals surface area contributed by atoms with E-state index in [2.05, 4.69) is 20.9 Å². The van der Waals surface area contributed by atoms with Gasteiger partial charge in [-0.2, -0.15) is 0 Å². The minimum Gasteiger partial charge on any atom is -0.858 e. The van der Waals surface area contributed by atoms with Gasteiger partial charge in [-0.3, -0.25) is 4.79 Å². The lowest BCUT2D eigenvalue weighted by molar-refractivity contribution is -0.508. The number of carbonyl (C=O) groups excluding carboxylic acids is 1. The van der Waals surface area contributed by atoms with E-state index >= 15 is 0 Å². The summed E-state index contributed by atoms with van der Waals surface area (Å²) in [6.45, 7) is 1.98. The topological polar surface area (TPSA) is 56.6 Å². The number of hydrogen-bond acceptors (Lipinski definition) is 4. The van der Waals surface area contributed by atoms with Crippen molar-refractivity contribution < 1.29 is 14.3 Å². The Kier molecular flexibility index (Phi) is 5.33. The molecule has 2 aromatic heterocycles. The molecule has 5 aromatic rings. The molecule has 0 atom stereocenters. The molecule has 4 nitrogen and oxygen atoms in total. The van der Waals surface area contributed by atoms with Gasteiger partial charge in [0.15, 0.2) is 11.2 Å². The van der Waals surface area contributed by atoms with Crippen molar-refractivity contribution in [3.05, 3.63) is 112 Å². The molecule has 0 amide bonds. The van der Waals surface area contributed by atoms with Crippen molar-refractivity contribution in [2.75, 3.05) is 0 Å². The maximum absolute atomic E-state index is 13.6. The smallest absolute Gasteiger partial charge is 0.296 e. The molecule has 156 valence electrons. The van der Waals surface area contributed by atoms with Crippen LogP contribution in [0.15, 0.2) is 94.5 Å². The summed E-state index contributed by atoms with van der Waals surface area (Å²) in [5.74, 6) is -0.554. The molecule has 2 heterocycles. The van der Waals surface area contributed by atoms with Crippen LogP contribution in [-0.4, -0.2) is 11.7 Å². The number of pyridine rings is 1. The second kappa shape index (κ2) is 8.30. The molecule has 6 heteroatoms. The van der Waals surface area contributed by atoms with Gasteiger partial charge in [0.2, 0.25) is 0 Å². The molecule has 3 aromatic carbocycles. The number of rotatable bonds is 4. The van der Waals surface area contributed by atoms with Gasteiger partial charge in [0.25, 0.3) is 16.3 Å². The van der Waals surface area contributed by atoms with Gasteiger partial charge < -0.3 is 5.11 Å². The van der Waals surface area contributed by atoms with Gasteiger partial charge in [-0.15, -0.1) is 4.40 Å². The number of aliphatic imine (C=N–C) groups is 1. The summed E-state index contributed by atoms with van der Waals surface area (Å²) in [7, 11) is 0. The van der Waals surface area contributed by atoms with Crippen molar-refractivity contribution in [3.8, 4) is 0 Å². The fraction of sp³-hybridized carbons (Fsp3) is 0.0385. The van der Waals surface area contributed by atoms with E-state index in [4.69, 9.17) is 0 Å². The van der Waals surface area contributed by atoms with E-state index in [9.17, 15) is 9.90 Å². The van der Waals surface area contributed by atoms with Crippen LogP contribution in [0, 0.1) is 6.92 Å². The number of nitrogens with zero attached hydrogens (tertiary/aromatic N) is 2. The van der Waals surface area contributed by atoms with Crippen LogP contribution in [0.1, 0.15) is 27.2 Å². The first-order valence-corrected chi connectivity index (χ1v) is 11.6. The Labute approximate surface area is 197 Å². The number of fused-ring (bicyclic) bond motifs is 3. The Morgan fingerprint density at radius 1 is 0.906 bits per heavy atom. The number of aryl methyl sites for hydroxylation is 1. The molecule has 0 N–H and O–H groups in total. The molecule has 0 aliphatic heterocycles. The fourth-order valence-corrected chi connectivity index (χ4v) is 5.30. The normalized spacial score (nSPS) is 11.9. The maximum Gasteiger partial charge on any atom is 0.296 e. The Morgan fingerprint density at radius 2 is 1.56 bits per heavy atom. The molecule has 32 heavy (non-hydrogen) atoms. The number of carbonyl (C=O) groups is 1. The Balaban J connectivity index is 1.80. The van der Waals surface area contributed by atoms with Crippen LogP contribution in [0.3, 0.4) is 0 Å². The minimum atomic E-state index is -0.376. The monoisotopic (exact) mass is 500 g/mol. The maximum atomic E-state index is 13.6. The van der Waals surface area contributed by atoms with Crippen molar-refractivity contribution in [2.45, 2.75) is 6.92 Å². The van der Waals surface area contributed by atoms with Crippen LogP contribution in [0.4, 0.5) is 5.00 Å². The molecule has 0 radical (unpaired) electrons. The highest BCUT2D eigenvalue weighted by Crippen LogP contribution is 2.35. The highest BCUT2D eigenvalue weighted by atomic mass is 79.9. The summed E-state index contributed by atoms with van der Waals surface area (Å²) in [4.78, 5) is 18.9. The van der Waals surface area contributed by atoms with E-state index in [0.717, 1.165) is 25.6 Å². The third-order valence-corrected chi connectivity index (χ3v) is 6.99. The summed E-state index contributed by atoms with van der Waals surface area (Å²) >= 11 is 4.98. The number of halogens is 1. The third-order valence-electron chi connectivity index (χ3n) is 5.27. The fourth-order valence-electron chi connectivity index (χ4n) is 3.62. The predicted molar refractivity (Wildman–Crippen MR) is 130 cm³/mol. The first-order valence-electron chi connectivity index (χ1n) is 10.0. The van der Waals surface area contributed by atoms with Crippen molar-refractivity contribution in [1.29, 1.82) is 0 Å². The van der Waals surface area contributed by atoms with E-state index < -0.39 is 0 Å². The van der Waals surface area contributed by atoms with E-state index in [1.807, 2.05) is 60.0 Å². The summed E-state index contributed by atoms with van der Waals surface area (Å²) in [6.07, 6.45) is 1.88. The molecule has 0 saturated carbocycles. The molecule has 0 spiro atoms. The van der Waals surface area contributed by atoms with Gasteiger partial charge >= 0.3 is 0 Å². The molecular formula is C26H17BrN2O2S. The first kappa shape index (κ1) is 20.5. The standard InChI is InChI=1S/C26H17BrN2O2S/c1-16-11-13-17(14-12-16)23(30)22-25(28-24(31)18-7-3-2-4-8-18)32-26-20-10-6-5-9-19(20)21(27)15-29(22)26/h2-15H,1H3. The number of ketones is 1. The molecular weight excluding hydrogens is 484 g/mol. The number of thiazole rings is 1. The van der Waals surface area contributed by atoms with E-state index in [0.29, 0.717) is 21.8 Å². The largest absolute Gasteiger partial charge is 0.858 e. The predicted octanol–water partition coefficient (Wildman–Crippen LogP) is 5.38. The van der Waals surface area contributed by atoms with Crippen LogP contribution in [0.5, 0.6) is 0 Å². The zero-order valence-electron chi connectivity index (χ0n) is 17.1.